The van der Waals surface area contributed by atoms with Crippen LogP contribution in [-0.4, -0.2) is 30.0 Å². The molecule has 0 unspecified atom stereocenters. The van der Waals surface area contributed by atoms with Crippen LogP contribution in [0.1, 0.15) is 18.4 Å². The van der Waals surface area contributed by atoms with Gasteiger partial charge in [0.05, 0.1) is 19.8 Å². The largest absolute Gasteiger partial charge is 0.465 e. The maximum atomic E-state index is 9.06. The first-order valence-electron chi connectivity index (χ1n) is 5.07. The summed E-state index contributed by atoms with van der Waals surface area (Å²) >= 11 is 0. The molecular formula is C11H19NO3. The summed E-state index contributed by atoms with van der Waals surface area (Å²) in [5.74, 6) is 1.75. The highest BCUT2D eigenvalue weighted by molar-refractivity contribution is 5.05. The molecule has 4 heteroatoms. The van der Waals surface area contributed by atoms with E-state index in [0.717, 1.165) is 11.5 Å². The maximum Gasteiger partial charge on any atom is 0.117 e. The Bertz CT molecular complexity index is 292. The first-order chi connectivity index (χ1) is 7.09. The van der Waals surface area contributed by atoms with Crippen LogP contribution < -0.4 is 5.32 Å². The third-order valence-corrected chi connectivity index (χ3v) is 2.41. The number of aliphatic hydroxyl groups excluding tert-OH is 2. The molecule has 1 aromatic heterocycles. The van der Waals surface area contributed by atoms with Gasteiger partial charge in [0.2, 0.25) is 0 Å². The predicted molar refractivity (Wildman–Crippen MR) is 57.4 cm³/mol. The highest BCUT2D eigenvalue weighted by atomic mass is 16.3. The van der Waals surface area contributed by atoms with Crippen molar-refractivity contribution in [3.8, 4) is 0 Å². The van der Waals surface area contributed by atoms with E-state index in [-0.39, 0.29) is 13.2 Å². The third kappa shape index (κ3) is 3.66. The topological polar surface area (TPSA) is 65.6 Å². The molecule has 0 saturated carbocycles. The number of aliphatic hydroxyl groups is 2. The maximum absolute atomic E-state index is 9.06. The van der Waals surface area contributed by atoms with Crippen molar-refractivity contribution in [1.29, 1.82) is 0 Å². The average Bonchev–Trinajstić information content (AvgIpc) is 2.64. The molecule has 0 amide bonds. The van der Waals surface area contributed by atoms with E-state index in [1.54, 1.807) is 0 Å². The van der Waals surface area contributed by atoms with Gasteiger partial charge in [0.1, 0.15) is 11.5 Å². The summed E-state index contributed by atoms with van der Waals surface area (Å²) in [6, 6.07) is 3.83. The van der Waals surface area contributed by atoms with Gasteiger partial charge in [-0.15, -0.1) is 0 Å². The summed E-state index contributed by atoms with van der Waals surface area (Å²) < 4.78 is 5.38. The predicted octanol–water partition coefficient (Wildman–Crippen LogP) is 0.669. The van der Waals surface area contributed by atoms with Gasteiger partial charge in [-0.2, -0.15) is 0 Å². The average molecular weight is 213 g/mol. The van der Waals surface area contributed by atoms with Gasteiger partial charge in [-0.05, 0) is 19.1 Å². The summed E-state index contributed by atoms with van der Waals surface area (Å²) in [6.45, 7) is 4.83. The van der Waals surface area contributed by atoms with Gasteiger partial charge in [0.15, 0.2) is 0 Å². The number of aryl methyl sites for hydroxylation is 1. The van der Waals surface area contributed by atoms with Gasteiger partial charge in [0.25, 0.3) is 0 Å². The van der Waals surface area contributed by atoms with Crippen molar-refractivity contribution in [1.82, 2.24) is 5.32 Å². The Labute approximate surface area is 89.9 Å². The fourth-order valence-corrected chi connectivity index (χ4v) is 1.23. The Morgan fingerprint density at radius 1 is 1.33 bits per heavy atom. The van der Waals surface area contributed by atoms with Crippen LogP contribution in [0.15, 0.2) is 16.5 Å². The molecule has 0 saturated heterocycles. The van der Waals surface area contributed by atoms with Crippen LogP contribution in [0.25, 0.3) is 0 Å². The summed E-state index contributed by atoms with van der Waals surface area (Å²) in [7, 11) is 0. The zero-order chi connectivity index (χ0) is 11.3. The van der Waals surface area contributed by atoms with Gasteiger partial charge in [-0.25, -0.2) is 0 Å². The van der Waals surface area contributed by atoms with Crippen molar-refractivity contribution in [2.45, 2.75) is 20.4 Å². The normalized spacial score (nSPS) is 12.0. The molecule has 0 aliphatic heterocycles. The van der Waals surface area contributed by atoms with E-state index in [0.29, 0.717) is 13.1 Å². The number of hydrogen-bond donors (Lipinski definition) is 3. The number of rotatable bonds is 6. The Morgan fingerprint density at radius 3 is 2.47 bits per heavy atom. The van der Waals surface area contributed by atoms with Gasteiger partial charge >= 0.3 is 0 Å². The second-order valence-corrected chi connectivity index (χ2v) is 4.24. The smallest absolute Gasteiger partial charge is 0.117 e. The minimum atomic E-state index is -0.471. The number of furan rings is 1. The van der Waals surface area contributed by atoms with Gasteiger partial charge in [-0.1, -0.05) is 6.92 Å². The molecule has 4 nitrogen and oxygen atoms in total. The van der Waals surface area contributed by atoms with Crippen LogP contribution in [0.2, 0.25) is 0 Å². The lowest BCUT2D eigenvalue weighted by Gasteiger charge is -2.24. The molecular weight excluding hydrogens is 194 g/mol. The molecule has 0 fully saturated rings. The van der Waals surface area contributed by atoms with E-state index in [4.69, 9.17) is 14.6 Å². The van der Waals surface area contributed by atoms with Crippen molar-refractivity contribution < 1.29 is 14.6 Å². The fraction of sp³-hybridized carbons (Fsp3) is 0.636. The molecule has 0 bridgehead atoms. The molecule has 0 atom stereocenters. The molecule has 3 N–H and O–H groups in total. The third-order valence-electron chi connectivity index (χ3n) is 2.41. The molecule has 86 valence electrons. The quantitative estimate of drug-likeness (QED) is 0.650. The molecule has 1 heterocycles. The second-order valence-electron chi connectivity index (χ2n) is 4.24. The number of nitrogens with one attached hydrogen (secondary N) is 1. The first kappa shape index (κ1) is 12.2. The van der Waals surface area contributed by atoms with Crippen molar-refractivity contribution in [2.75, 3.05) is 19.8 Å². The van der Waals surface area contributed by atoms with Crippen molar-refractivity contribution in [3.63, 3.8) is 0 Å². The molecule has 0 aliphatic carbocycles. The lowest BCUT2D eigenvalue weighted by atomic mass is 9.93. The van der Waals surface area contributed by atoms with Crippen LogP contribution in [0.5, 0.6) is 0 Å². The second kappa shape index (κ2) is 5.30. The zero-order valence-electron chi connectivity index (χ0n) is 9.29. The van der Waals surface area contributed by atoms with Crippen molar-refractivity contribution in [3.05, 3.63) is 23.7 Å². The van der Waals surface area contributed by atoms with E-state index in [9.17, 15) is 0 Å². The molecule has 15 heavy (non-hydrogen) atoms. The van der Waals surface area contributed by atoms with E-state index < -0.39 is 5.41 Å². The minimum Gasteiger partial charge on any atom is -0.465 e. The SMILES string of the molecule is Cc1ccc(CNCC(C)(CO)CO)o1. The Morgan fingerprint density at radius 2 is 2.00 bits per heavy atom. The summed E-state index contributed by atoms with van der Waals surface area (Å²) in [5.41, 5.74) is -0.471. The summed E-state index contributed by atoms with van der Waals surface area (Å²) in [4.78, 5) is 0. The highest BCUT2D eigenvalue weighted by Gasteiger charge is 2.21. The molecule has 0 aliphatic rings. The lowest BCUT2D eigenvalue weighted by Crippen LogP contribution is -2.37. The highest BCUT2D eigenvalue weighted by Crippen LogP contribution is 2.13. The summed E-state index contributed by atoms with van der Waals surface area (Å²) in [5, 5.41) is 21.3. The van der Waals surface area contributed by atoms with E-state index in [1.807, 2.05) is 26.0 Å². The molecule has 0 radical (unpaired) electrons. The lowest BCUT2D eigenvalue weighted by molar-refractivity contribution is 0.0691. The van der Waals surface area contributed by atoms with Crippen LogP contribution in [0.4, 0.5) is 0 Å². The number of hydrogen-bond acceptors (Lipinski definition) is 4. The van der Waals surface area contributed by atoms with Crippen LogP contribution in [-0.2, 0) is 6.54 Å². The van der Waals surface area contributed by atoms with Crippen LogP contribution >= 0.6 is 0 Å². The Balaban J connectivity index is 2.32. The minimum absolute atomic E-state index is 0.0340. The van der Waals surface area contributed by atoms with Crippen molar-refractivity contribution >= 4 is 0 Å². The standard InChI is InChI=1S/C11H19NO3/c1-9-3-4-10(15-9)5-12-6-11(2,7-13)8-14/h3-4,12-14H,5-8H2,1-2H3. The van der Waals surface area contributed by atoms with Gasteiger partial charge < -0.3 is 19.9 Å². The molecule has 0 spiro atoms. The molecule has 0 aromatic carbocycles. The van der Waals surface area contributed by atoms with E-state index in [1.165, 1.54) is 0 Å². The van der Waals surface area contributed by atoms with Gasteiger partial charge in [0, 0.05) is 12.0 Å². The zero-order valence-corrected chi connectivity index (χ0v) is 9.29. The van der Waals surface area contributed by atoms with Crippen LogP contribution in [0, 0.1) is 12.3 Å². The van der Waals surface area contributed by atoms with Crippen LogP contribution in [0.3, 0.4) is 0 Å². The monoisotopic (exact) mass is 213 g/mol. The van der Waals surface area contributed by atoms with E-state index >= 15 is 0 Å². The van der Waals surface area contributed by atoms with Gasteiger partial charge in [-0.3, -0.25) is 0 Å². The van der Waals surface area contributed by atoms with Crippen molar-refractivity contribution in [2.24, 2.45) is 5.41 Å². The fourth-order valence-electron chi connectivity index (χ4n) is 1.23. The first-order valence-corrected chi connectivity index (χ1v) is 5.07. The molecule has 1 rings (SSSR count). The molecule has 1 aromatic rings. The Kier molecular flexibility index (Phi) is 4.32. The summed E-state index contributed by atoms with van der Waals surface area (Å²) in [6.07, 6.45) is 0. The Hall–Kier alpha value is -0.840. The van der Waals surface area contributed by atoms with E-state index in [2.05, 4.69) is 5.32 Å².